The van der Waals surface area contributed by atoms with Gasteiger partial charge < -0.3 is 9.80 Å². The molecule has 0 saturated carbocycles. The number of amides is 1. The Kier molecular flexibility index (Phi) is 5.47. The van der Waals surface area contributed by atoms with Gasteiger partial charge in [-0.1, -0.05) is 6.07 Å². The number of thiazole rings is 1. The van der Waals surface area contributed by atoms with Crippen LogP contribution in [0, 0.1) is 12.7 Å². The van der Waals surface area contributed by atoms with Crippen LogP contribution in [0.1, 0.15) is 32.6 Å². The van der Waals surface area contributed by atoms with Crippen molar-refractivity contribution in [2.75, 3.05) is 31.1 Å². The lowest BCUT2D eigenvalue weighted by atomic mass is 10.1. The SMILES string of the molecule is CC(=O)c1ccc(N2CCN(C(=O)c3sc(-c4cccs4)nc3C)CC2)c(F)c1. The van der Waals surface area contributed by atoms with Crippen molar-refractivity contribution >= 4 is 40.1 Å². The average molecular weight is 430 g/mol. The standard InChI is InChI=1S/C21H20FN3O2S2/c1-13-19(29-20(23-13)18-4-3-11-28-18)21(27)25-9-7-24(8-10-25)17-6-5-15(14(2)26)12-16(17)22/h3-6,11-12H,7-10H2,1-2H3. The summed E-state index contributed by atoms with van der Waals surface area (Å²) < 4.78 is 14.4. The van der Waals surface area contributed by atoms with Gasteiger partial charge in [-0.05, 0) is 43.5 Å². The van der Waals surface area contributed by atoms with Crippen LogP contribution < -0.4 is 4.90 Å². The lowest BCUT2D eigenvalue weighted by molar-refractivity contribution is 0.0750. The summed E-state index contributed by atoms with van der Waals surface area (Å²) in [4.78, 5) is 34.4. The number of hydrogen-bond acceptors (Lipinski definition) is 6. The zero-order valence-corrected chi connectivity index (χ0v) is 17.8. The molecule has 0 bridgehead atoms. The number of Topliss-reactive ketones (excluding diaryl/α,β-unsaturated/α-hetero) is 1. The first-order chi connectivity index (χ1) is 13.9. The lowest BCUT2D eigenvalue weighted by Crippen LogP contribution is -2.49. The Bertz CT molecular complexity index is 1050. The Hall–Kier alpha value is -2.58. The summed E-state index contributed by atoms with van der Waals surface area (Å²) in [6.07, 6.45) is 0. The smallest absolute Gasteiger partial charge is 0.265 e. The number of piperazine rings is 1. The quantitative estimate of drug-likeness (QED) is 0.574. The second kappa shape index (κ2) is 8.04. The molecular weight excluding hydrogens is 409 g/mol. The maximum Gasteiger partial charge on any atom is 0.265 e. The molecule has 1 saturated heterocycles. The Labute approximate surface area is 176 Å². The molecule has 8 heteroatoms. The van der Waals surface area contributed by atoms with E-state index in [1.807, 2.05) is 29.3 Å². The first kappa shape index (κ1) is 19.7. The second-order valence-electron chi connectivity index (χ2n) is 6.91. The van der Waals surface area contributed by atoms with Crippen LogP contribution in [-0.2, 0) is 0 Å². The molecule has 29 heavy (non-hydrogen) atoms. The number of benzene rings is 1. The number of thiophene rings is 1. The minimum Gasteiger partial charge on any atom is -0.366 e. The topological polar surface area (TPSA) is 53.5 Å². The van der Waals surface area contributed by atoms with Gasteiger partial charge in [0.1, 0.15) is 15.7 Å². The molecule has 1 fully saturated rings. The molecule has 5 nitrogen and oxygen atoms in total. The van der Waals surface area contributed by atoms with Gasteiger partial charge >= 0.3 is 0 Å². The maximum atomic E-state index is 14.4. The summed E-state index contributed by atoms with van der Waals surface area (Å²) >= 11 is 3.03. The van der Waals surface area contributed by atoms with Crippen LogP contribution >= 0.6 is 22.7 Å². The van der Waals surface area contributed by atoms with Gasteiger partial charge in [-0.25, -0.2) is 9.37 Å². The van der Waals surface area contributed by atoms with E-state index in [9.17, 15) is 14.0 Å². The van der Waals surface area contributed by atoms with E-state index in [1.165, 1.54) is 24.3 Å². The van der Waals surface area contributed by atoms with Crippen molar-refractivity contribution in [3.05, 3.63) is 57.7 Å². The van der Waals surface area contributed by atoms with Crippen LogP contribution in [0.2, 0.25) is 0 Å². The van der Waals surface area contributed by atoms with Crippen molar-refractivity contribution in [2.24, 2.45) is 0 Å². The summed E-state index contributed by atoms with van der Waals surface area (Å²) in [5, 5.41) is 2.86. The Balaban J connectivity index is 1.45. The Morgan fingerprint density at radius 3 is 2.52 bits per heavy atom. The first-order valence-electron chi connectivity index (χ1n) is 9.30. The molecule has 0 unspecified atom stereocenters. The highest BCUT2D eigenvalue weighted by Crippen LogP contribution is 2.32. The molecule has 0 N–H and O–H groups in total. The average Bonchev–Trinajstić information content (AvgIpc) is 3.37. The molecule has 1 amide bonds. The van der Waals surface area contributed by atoms with Gasteiger partial charge in [0.25, 0.3) is 5.91 Å². The molecule has 150 valence electrons. The van der Waals surface area contributed by atoms with Crippen LogP contribution in [0.3, 0.4) is 0 Å². The highest BCUT2D eigenvalue weighted by Gasteiger charge is 2.27. The molecule has 1 aromatic carbocycles. The van der Waals surface area contributed by atoms with E-state index < -0.39 is 5.82 Å². The fourth-order valence-corrected chi connectivity index (χ4v) is 5.21. The highest BCUT2D eigenvalue weighted by molar-refractivity contribution is 7.22. The zero-order chi connectivity index (χ0) is 20.5. The van der Waals surface area contributed by atoms with Gasteiger partial charge in [-0.2, -0.15) is 0 Å². The molecule has 0 spiro atoms. The van der Waals surface area contributed by atoms with Crippen LogP contribution in [0.4, 0.5) is 10.1 Å². The predicted molar refractivity (Wildman–Crippen MR) is 115 cm³/mol. The number of nitrogens with zero attached hydrogens (tertiary/aromatic N) is 3. The number of carbonyl (C=O) groups is 2. The number of aryl methyl sites for hydroxylation is 1. The molecule has 1 aliphatic heterocycles. The Morgan fingerprint density at radius 2 is 1.90 bits per heavy atom. The largest absolute Gasteiger partial charge is 0.366 e. The molecule has 1 aliphatic rings. The third kappa shape index (κ3) is 3.95. The van der Waals surface area contributed by atoms with Gasteiger partial charge in [0.05, 0.1) is 16.3 Å². The molecule has 0 atom stereocenters. The van der Waals surface area contributed by atoms with E-state index in [2.05, 4.69) is 4.98 Å². The van der Waals surface area contributed by atoms with Crippen molar-refractivity contribution in [2.45, 2.75) is 13.8 Å². The molecule has 0 radical (unpaired) electrons. The molecule has 4 rings (SSSR count). The number of aromatic nitrogens is 1. The van der Waals surface area contributed by atoms with E-state index in [4.69, 9.17) is 0 Å². The monoisotopic (exact) mass is 429 g/mol. The van der Waals surface area contributed by atoms with Crippen LogP contribution in [-0.4, -0.2) is 47.8 Å². The normalized spacial score (nSPS) is 14.3. The number of ketones is 1. The van der Waals surface area contributed by atoms with Gasteiger partial charge in [0.2, 0.25) is 0 Å². The van der Waals surface area contributed by atoms with Crippen LogP contribution in [0.25, 0.3) is 9.88 Å². The molecular formula is C21H20FN3O2S2. The van der Waals surface area contributed by atoms with Gasteiger partial charge in [-0.3, -0.25) is 9.59 Å². The van der Waals surface area contributed by atoms with Crippen molar-refractivity contribution < 1.29 is 14.0 Å². The van der Waals surface area contributed by atoms with Gasteiger partial charge in [0, 0.05) is 31.7 Å². The first-order valence-corrected chi connectivity index (χ1v) is 11.0. The minimum atomic E-state index is -0.406. The van der Waals surface area contributed by atoms with E-state index in [0.29, 0.717) is 42.3 Å². The number of hydrogen-bond donors (Lipinski definition) is 0. The zero-order valence-electron chi connectivity index (χ0n) is 16.1. The number of halogens is 1. The molecule has 2 aromatic heterocycles. The molecule has 3 aromatic rings. The van der Waals surface area contributed by atoms with Crippen molar-refractivity contribution in [3.63, 3.8) is 0 Å². The van der Waals surface area contributed by atoms with Crippen molar-refractivity contribution in [3.8, 4) is 9.88 Å². The second-order valence-corrected chi connectivity index (χ2v) is 8.86. The van der Waals surface area contributed by atoms with E-state index >= 15 is 0 Å². The molecule has 0 aliphatic carbocycles. The van der Waals surface area contributed by atoms with Crippen molar-refractivity contribution in [1.82, 2.24) is 9.88 Å². The van der Waals surface area contributed by atoms with Crippen LogP contribution in [0.15, 0.2) is 35.7 Å². The molecule has 3 heterocycles. The summed E-state index contributed by atoms with van der Waals surface area (Å²) in [7, 11) is 0. The predicted octanol–water partition coefficient (Wildman–Crippen LogP) is 4.48. The van der Waals surface area contributed by atoms with E-state index in [-0.39, 0.29) is 11.7 Å². The van der Waals surface area contributed by atoms with Crippen LogP contribution in [0.5, 0.6) is 0 Å². The van der Waals surface area contributed by atoms with E-state index in [0.717, 1.165) is 15.6 Å². The Morgan fingerprint density at radius 1 is 1.14 bits per heavy atom. The third-order valence-corrected chi connectivity index (χ3v) is 7.17. The fraction of sp³-hybridized carbons (Fsp3) is 0.286. The minimum absolute atomic E-state index is 0.0187. The lowest BCUT2D eigenvalue weighted by Gasteiger charge is -2.36. The third-order valence-electron chi connectivity index (χ3n) is 4.98. The highest BCUT2D eigenvalue weighted by atomic mass is 32.1. The fourth-order valence-electron chi connectivity index (χ4n) is 3.38. The summed E-state index contributed by atoms with van der Waals surface area (Å²) in [5.41, 5.74) is 1.58. The summed E-state index contributed by atoms with van der Waals surface area (Å²) in [6, 6.07) is 8.54. The number of anilines is 1. The van der Waals surface area contributed by atoms with Gasteiger partial charge in [0.15, 0.2) is 5.78 Å². The summed E-state index contributed by atoms with van der Waals surface area (Å²) in [5.74, 6) is -0.584. The van der Waals surface area contributed by atoms with E-state index in [1.54, 1.807) is 28.4 Å². The number of rotatable bonds is 4. The summed E-state index contributed by atoms with van der Waals surface area (Å²) in [6.45, 7) is 5.39. The van der Waals surface area contributed by atoms with Gasteiger partial charge in [-0.15, -0.1) is 22.7 Å². The maximum absolute atomic E-state index is 14.4. The van der Waals surface area contributed by atoms with Crippen molar-refractivity contribution in [1.29, 1.82) is 0 Å². The number of carbonyl (C=O) groups excluding carboxylic acids is 2.